The predicted molar refractivity (Wildman–Crippen MR) is 79.9 cm³/mol. The molecule has 1 aliphatic rings. The molecule has 1 aromatic heterocycles. The molecule has 1 aliphatic carbocycles. The third-order valence-corrected chi connectivity index (χ3v) is 5.38. The van der Waals surface area contributed by atoms with Crippen molar-refractivity contribution in [3.05, 3.63) is 17.6 Å². The quantitative estimate of drug-likeness (QED) is 0.859. The standard InChI is InChI=1S/C14H20ClNO4S/c1-9-4-3-5-11(6-9)8-16-14(17)12-7-13(10(2)20-12)21(15,18)19/h7,9,11H,3-6,8H2,1-2H3,(H,16,17). The van der Waals surface area contributed by atoms with E-state index in [4.69, 9.17) is 15.1 Å². The van der Waals surface area contributed by atoms with Crippen molar-refractivity contribution in [2.75, 3.05) is 6.54 Å². The first-order chi connectivity index (χ1) is 9.77. The Bertz CT molecular complexity index is 623. The molecule has 1 aromatic rings. The lowest BCUT2D eigenvalue weighted by Gasteiger charge is -2.26. The Balaban J connectivity index is 1.98. The van der Waals surface area contributed by atoms with Gasteiger partial charge in [-0.2, -0.15) is 0 Å². The van der Waals surface area contributed by atoms with Crippen LogP contribution < -0.4 is 5.32 Å². The van der Waals surface area contributed by atoms with Crippen LogP contribution in [0.15, 0.2) is 15.4 Å². The molecule has 21 heavy (non-hydrogen) atoms. The lowest BCUT2D eigenvalue weighted by molar-refractivity contribution is 0.0911. The Kier molecular flexibility index (Phi) is 4.99. The van der Waals surface area contributed by atoms with Crippen molar-refractivity contribution in [1.82, 2.24) is 5.32 Å². The highest BCUT2D eigenvalue weighted by Crippen LogP contribution is 2.28. The van der Waals surface area contributed by atoms with Gasteiger partial charge in [0, 0.05) is 23.3 Å². The molecule has 0 bridgehead atoms. The van der Waals surface area contributed by atoms with Gasteiger partial charge in [-0.1, -0.05) is 19.8 Å². The van der Waals surface area contributed by atoms with Crippen molar-refractivity contribution in [3.8, 4) is 0 Å². The molecule has 1 N–H and O–H groups in total. The fourth-order valence-corrected chi connectivity index (χ4v) is 3.98. The third-order valence-electron chi connectivity index (χ3n) is 3.95. The van der Waals surface area contributed by atoms with Crippen molar-refractivity contribution in [1.29, 1.82) is 0 Å². The molecule has 0 spiro atoms. The van der Waals surface area contributed by atoms with E-state index in [1.54, 1.807) is 0 Å². The second-order valence-corrected chi connectivity index (χ2v) is 8.35. The molecule has 2 rings (SSSR count). The largest absolute Gasteiger partial charge is 0.455 e. The molecular formula is C14H20ClNO4S. The predicted octanol–water partition coefficient (Wildman–Crippen LogP) is 3.07. The first-order valence-corrected chi connectivity index (χ1v) is 9.41. The Morgan fingerprint density at radius 1 is 1.48 bits per heavy atom. The summed E-state index contributed by atoms with van der Waals surface area (Å²) in [5, 5.41) is 2.81. The summed E-state index contributed by atoms with van der Waals surface area (Å²) < 4.78 is 27.8. The third kappa shape index (κ3) is 4.23. The second-order valence-electron chi connectivity index (χ2n) is 5.82. The minimum Gasteiger partial charge on any atom is -0.455 e. The van der Waals surface area contributed by atoms with Crippen molar-refractivity contribution in [2.24, 2.45) is 11.8 Å². The molecule has 2 atom stereocenters. The zero-order valence-electron chi connectivity index (χ0n) is 12.2. The lowest BCUT2D eigenvalue weighted by Crippen LogP contribution is -2.31. The van der Waals surface area contributed by atoms with Crippen molar-refractivity contribution in [3.63, 3.8) is 0 Å². The second kappa shape index (κ2) is 6.40. The van der Waals surface area contributed by atoms with Crippen LogP contribution in [0.1, 0.15) is 48.9 Å². The van der Waals surface area contributed by atoms with E-state index in [-0.39, 0.29) is 16.4 Å². The fraction of sp³-hybridized carbons (Fsp3) is 0.643. The molecule has 1 fully saturated rings. The number of hydrogen-bond donors (Lipinski definition) is 1. The minimum absolute atomic E-state index is 0.0180. The van der Waals surface area contributed by atoms with Gasteiger partial charge in [0.15, 0.2) is 5.76 Å². The molecule has 0 aromatic carbocycles. The van der Waals surface area contributed by atoms with E-state index >= 15 is 0 Å². The fourth-order valence-electron chi connectivity index (χ4n) is 2.89. The minimum atomic E-state index is -3.89. The maximum Gasteiger partial charge on any atom is 0.287 e. The van der Waals surface area contributed by atoms with Gasteiger partial charge in [-0.15, -0.1) is 0 Å². The molecule has 5 nitrogen and oxygen atoms in total. The van der Waals surface area contributed by atoms with Crippen LogP contribution in [0.3, 0.4) is 0 Å². The van der Waals surface area contributed by atoms with Crippen LogP contribution in [0.5, 0.6) is 0 Å². The van der Waals surface area contributed by atoms with Crippen molar-refractivity contribution in [2.45, 2.75) is 44.4 Å². The van der Waals surface area contributed by atoms with Crippen LogP contribution >= 0.6 is 10.7 Å². The van der Waals surface area contributed by atoms with Crippen LogP contribution in [0.4, 0.5) is 0 Å². The molecule has 0 saturated heterocycles. The average Bonchev–Trinajstić information content (AvgIpc) is 2.78. The number of hydrogen-bond acceptors (Lipinski definition) is 4. The van der Waals surface area contributed by atoms with Gasteiger partial charge in [-0.05, 0) is 31.6 Å². The normalized spacial score (nSPS) is 23.0. The van der Waals surface area contributed by atoms with Gasteiger partial charge in [0.25, 0.3) is 15.0 Å². The molecule has 1 saturated carbocycles. The molecule has 1 heterocycles. The molecule has 0 aliphatic heterocycles. The number of carbonyl (C=O) groups is 1. The summed E-state index contributed by atoms with van der Waals surface area (Å²) in [7, 11) is 1.39. The van der Waals surface area contributed by atoms with E-state index in [2.05, 4.69) is 12.2 Å². The van der Waals surface area contributed by atoms with Crippen molar-refractivity contribution >= 4 is 25.6 Å². The number of nitrogens with one attached hydrogen (secondary N) is 1. The first-order valence-electron chi connectivity index (χ1n) is 7.10. The van der Waals surface area contributed by atoms with Crippen LogP contribution in [-0.2, 0) is 9.05 Å². The average molecular weight is 334 g/mol. The van der Waals surface area contributed by atoms with E-state index in [0.717, 1.165) is 12.8 Å². The van der Waals surface area contributed by atoms with Gasteiger partial charge in [0.1, 0.15) is 10.7 Å². The van der Waals surface area contributed by atoms with E-state index in [1.165, 1.54) is 25.8 Å². The first kappa shape index (κ1) is 16.4. The van der Waals surface area contributed by atoms with Crippen LogP contribution in [0.2, 0.25) is 0 Å². The zero-order chi connectivity index (χ0) is 15.6. The van der Waals surface area contributed by atoms with Gasteiger partial charge in [-0.3, -0.25) is 4.79 Å². The summed E-state index contributed by atoms with van der Waals surface area (Å²) in [6, 6.07) is 1.18. The van der Waals surface area contributed by atoms with Crippen LogP contribution in [0.25, 0.3) is 0 Å². The van der Waals surface area contributed by atoms with E-state index < -0.39 is 15.0 Å². The van der Waals surface area contributed by atoms with E-state index in [9.17, 15) is 13.2 Å². The molecule has 1 amide bonds. The Morgan fingerprint density at radius 2 is 2.19 bits per heavy atom. The zero-order valence-corrected chi connectivity index (χ0v) is 13.8. The summed E-state index contributed by atoms with van der Waals surface area (Å²) in [6.07, 6.45) is 4.66. The van der Waals surface area contributed by atoms with Gasteiger partial charge >= 0.3 is 0 Å². The van der Waals surface area contributed by atoms with Gasteiger partial charge in [-0.25, -0.2) is 8.42 Å². The summed E-state index contributed by atoms with van der Waals surface area (Å²) in [4.78, 5) is 11.9. The number of rotatable bonds is 4. The molecule has 7 heteroatoms. The SMILES string of the molecule is Cc1oc(C(=O)NCC2CCCC(C)C2)cc1S(=O)(=O)Cl. The van der Waals surface area contributed by atoms with Gasteiger partial charge in [0.2, 0.25) is 0 Å². The van der Waals surface area contributed by atoms with Crippen molar-refractivity contribution < 1.29 is 17.6 Å². The number of aryl methyl sites for hydroxylation is 1. The maximum absolute atomic E-state index is 12.0. The molecular weight excluding hydrogens is 314 g/mol. The highest BCUT2D eigenvalue weighted by atomic mass is 35.7. The molecule has 0 radical (unpaired) electrons. The highest BCUT2D eigenvalue weighted by Gasteiger charge is 2.23. The molecule has 118 valence electrons. The smallest absolute Gasteiger partial charge is 0.287 e. The lowest BCUT2D eigenvalue weighted by atomic mass is 9.82. The maximum atomic E-state index is 12.0. The Morgan fingerprint density at radius 3 is 2.76 bits per heavy atom. The molecule has 2 unspecified atom stereocenters. The summed E-state index contributed by atoms with van der Waals surface area (Å²) in [5.41, 5.74) is 0. The number of furan rings is 1. The summed E-state index contributed by atoms with van der Waals surface area (Å²) in [6.45, 7) is 4.28. The number of carbonyl (C=O) groups excluding carboxylic acids is 1. The van der Waals surface area contributed by atoms with Gasteiger partial charge < -0.3 is 9.73 Å². The van der Waals surface area contributed by atoms with Gasteiger partial charge in [0.05, 0.1) is 0 Å². The monoisotopic (exact) mass is 333 g/mol. The van der Waals surface area contributed by atoms with E-state index in [1.807, 2.05) is 0 Å². The summed E-state index contributed by atoms with van der Waals surface area (Å²) in [5.74, 6) is 0.879. The Labute approximate surface area is 129 Å². The highest BCUT2D eigenvalue weighted by molar-refractivity contribution is 8.13. The van der Waals surface area contributed by atoms with E-state index in [0.29, 0.717) is 18.4 Å². The van der Waals surface area contributed by atoms with Crippen LogP contribution in [0, 0.1) is 18.8 Å². The van der Waals surface area contributed by atoms with Crippen LogP contribution in [-0.4, -0.2) is 20.9 Å². The Hall–Kier alpha value is -1.01. The topological polar surface area (TPSA) is 76.4 Å². The summed E-state index contributed by atoms with van der Waals surface area (Å²) >= 11 is 0. The number of amides is 1. The number of halogens is 1.